The minimum Gasteiger partial charge on any atom is -0.378 e. The summed E-state index contributed by atoms with van der Waals surface area (Å²) in [6.07, 6.45) is 0.259. The van der Waals surface area contributed by atoms with Gasteiger partial charge in [0.1, 0.15) is 6.04 Å². The maximum absolute atomic E-state index is 13.0. The van der Waals surface area contributed by atoms with Gasteiger partial charge in [0.2, 0.25) is 11.8 Å². The predicted octanol–water partition coefficient (Wildman–Crippen LogP) is -1.15. The summed E-state index contributed by atoms with van der Waals surface area (Å²) < 4.78 is 5.75. The van der Waals surface area contributed by atoms with Gasteiger partial charge in [0.15, 0.2) is 0 Å². The minimum absolute atomic E-state index is 0.0818. The molecular formula is C22H27N5O5. The van der Waals surface area contributed by atoms with Crippen molar-refractivity contribution in [1.29, 1.82) is 0 Å². The zero-order valence-electron chi connectivity index (χ0n) is 17.8. The van der Waals surface area contributed by atoms with Crippen LogP contribution >= 0.6 is 0 Å². The van der Waals surface area contributed by atoms with Crippen LogP contribution in [-0.2, 0) is 20.9 Å². The van der Waals surface area contributed by atoms with Crippen molar-refractivity contribution in [3.05, 3.63) is 34.9 Å². The van der Waals surface area contributed by atoms with Gasteiger partial charge in [-0.3, -0.25) is 34.3 Å². The number of fused-ring (bicyclic) bond motifs is 2. The molecule has 0 bridgehead atoms. The van der Waals surface area contributed by atoms with Crippen molar-refractivity contribution in [1.82, 2.24) is 25.8 Å². The van der Waals surface area contributed by atoms with E-state index in [0.717, 1.165) is 49.8 Å². The Morgan fingerprint density at radius 1 is 1.12 bits per heavy atom. The molecule has 0 aromatic heterocycles. The molecule has 170 valence electrons. The van der Waals surface area contributed by atoms with Gasteiger partial charge in [0, 0.05) is 45.7 Å². The Hall–Kier alpha value is -2.66. The first-order valence-electron chi connectivity index (χ1n) is 11.1. The van der Waals surface area contributed by atoms with Gasteiger partial charge in [0.05, 0.1) is 29.9 Å². The highest BCUT2D eigenvalue weighted by molar-refractivity contribution is 6.23. The van der Waals surface area contributed by atoms with Crippen LogP contribution in [0.3, 0.4) is 0 Å². The van der Waals surface area contributed by atoms with E-state index in [1.165, 1.54) is 0 Å². The Morgan fingerprint density at radius 2 is 1.97 bits per heavy atom. The van der Waals surface area contributed by atoms with Crippen molar-refractivity contribution in [3.8, 4) is 0 Å². The fraction of sp³-hybridized carbons (Fsp3) is 0.545. The number of hydrogen-bond donors (Lipinski definition) is 3. The summed E-state index contributed by atoms with van der Waals surface area (Å²) in [5.74, 6) is -1.95. The summed E-state index contributed by atoms with van der Waals surface area (Å²) >= 11 is 0. The average Bonchev–Trinajstić information content (AvgIpc) is 3.03. The van der Waals surface area contributed by atoms with Crippen molar-refractivity contribution in [2.45, 2.75) is 31.0 Å². The molecule has 5 rings (SSSR count). The van der Waals surface area contributed by atoms with Crippen molar-refractivity contribution >= 4 is 23.6 Å². The van der Waals surface area contributed by atoms with Gasteiger partial charge in [-0.1, -0.05) is 6.07 Å². The van der Waals surface area contributed by atoms with E-state index in [0.29, 0.717) is 24.3 Å². The molecule has 32 heavy (non-hydrogen) atoms. The molecule has 3 saturated heterocycles. The highest BCUT2D eigenvalue weighted by atomic mass is 16.5. The van der Waals surface area contributed by atoms with E-state index in [4.69, 9.17) is 4.74 Å². The van der Waals surface area contributed by atoms with Crippen LogP contribution in [-0.4, -0.2) is 90.9 Å². The number of hydrogen-bond acceptors (Lipinski definition) is 8. The molecule has 1 aromatic carbocycles. The SMILES string of the molecule is O=C1CCC(N2C(=O)c3ccc(CNCC45CNCCN4CCOC5)cc3C2=O)C(=O)N1. The van der Waals surface area contributed by atoms with Crippen molar-refractivity contribution in [3.63, 3.8) is 0 Å². The van der Waals surface area contributed by atoms with Gasteiger partial charge in [-0.25, -0.2) is 0 Å². The molecular weight excluding hydrogens is 414 g/mol. The van der Waals surface area contributed by atoms with E-state index in [-0.39, 0.29) is 24.3 Å². The molecule has 4 amide bonds. The fourth-order valence-corrected chi connectivity index (χ4v) is 5.11. The van der Waals surface area contributed by atoms with E-state index in [2.05, 4.69) is 20.9 Å². The van der Waals surface area contributed by atoms with Crippen LogP contribution in [0.2, 0.25) is 0 Å². The monoisotopic (exact) mass is 441 g/mol. The number of carbonyl (C=O) groups excluding carboxylic acids is 4. The topological polar surface area (TPSA) is 120 Å². The number of ether oxygens (including phenoxy) is 1. The number of amides is 4. The average molecular weight is 441 g/mol. The summed E-state index contributed by atoms with van der Waals surface area (Å²) in [7, 11) is 0. The van der Waals surface area contributed by atoms with Crippen LogP contribution < -0.4 is 16.0 Å². The smallest absolute Gasteiger partial charge is 0.262 e. The van der Waals surface area contributed by atoms with Crippen LogP contribution in [0.1, 0.15) is 39.1 Å². The second-order valence-corrected chi connectivity index (χ2v) is 8.87. The maximum atomic E-state index is 13.0. The first kappa shape index (κ1) is 21.2. The normalized spacial score (nSPS) is 28.5. The number of morpholine rings is 1. The zero-order valence-corrected chi connectivity index (χ0v) is 17.8. The second-order valence-electron chi connectivity index (χ2n) is 8.87. The zero-order chi connectivity index (χ0) is 22.3. The molecule has 3 N–H and O–H groups in total. The van der Waals surface area contributed by atoms with E-state index in [1.807, 2.05) is 6.07 Å². The molecule has 0 radical (unpaired) electrons. The molecule has 0 saturated carbocycles. The quantitative estimate of drug-likeness (QED) is 0.490. The predicted molar refractivity (Wildman–Crippen MR) is 113 cm³/mol. The molecule has 10 heteroatoms. The van der Waals surface area contributed by atoms with E-state index >= 15 is 0 Å². The fourth-order valence-electron chi connectivity index (χ4n) is 5.11. The summed E-state index contributed by atoms with van der Waals surface area (Å²) in [5, 5.41) is 9.16. The van der Waals surface area contributed by atoms with Crippen molar-refractivity contribution < 1.29 is 23.9 Å². The summed E-state index contributed by atoms with van der Waals surface area (Å²) in [6, 6.07) is 4.25. The molecule has 4 aliphatic heterocycles. The van der Waals surface area contributed by atoms with Crippen molar-refractivity contribution in [2.24, 2.45) is 0 Å². The number of nitrogens with zero attached hydrogens (tertiary/aromatic N) is 2. The first-order chi connectivity index (χ1) is 15.5. The van der Waals surface area contributed by atoms with Gasteiger partial charge in [-0.2, -0.15) is 0 Å². The standard InChI is InChI=1S/C22H27N5O5/c28-18-4-3-17(19(29)25-18)27-20(30)15-2-1-14(9-16(15)21(27)31)10-24-12-22-11-23-5-6-26(22)7-8-32-13-22/h1-2,9,17,23-24H,3-8,10-13H2,(H,25,28,29). The van der Waals surface area contributed by atoms with Crippen LogP contribution in [0.15, 0.2) is 18.2 Å². The van der Waals surface area contributed by atoms with Gasteiger partial charge in [-0.05, 0) is 24.1 Å². The molecule has 4 aliphatic rings. The lowest BCUT2D eigenvalue weighted by molar-refractivity contribution is -0.136. The molecule has 3 fully saturated rings. The van der Waals surface area contributed by atoms with E-state index in [9.17, 15) is 19.2 Å². The number of piperazine rings is 1. The van der Waals surface area contributed by atoms with E-state index < -0.39 is 23.8 Å². The number of carbonyl (C=O) groups is 4. The third-order valence-corrected chi connectivity index (χ3v) is 6.85. The first-order valence-corrected chi connectivity index (χ1v) is 11.1. The number of imide groups is 2. The molecule has 4 heterocycles. The molecule has 0 aliphatic carbocycles. The van der Waals surface area contributed by atoms with Gasteiger partial charge in [-0.15, -0.1) is 0 Å². The Bertz CT molecular complexity index is 967. The second kappa shape index (κ2) is 8.36. The van der Waals surface area contributed by atoms with Crippen LogP contribution in [0.4, 0.5) is 0 Å². The summed E-state index contributed by atoms with van der Waals surface area (Å²) in [6.45, 7) is 6.47. The maximum Gasteiger partial charge on any atom is 0.262 e. The number of piperidine rings is 1. The minimum atomic E-state index is -0.947. The Morgan fingerprint density at radius 3 is 2.81 bits per heavy atom. The third kappa shape index (κ3) is 3.62. The van der Waals surface area contributed by atoms with E-state index in [1.54, 1.807) is 12.1 Å². The van der Waals surface area contributed by atoms with Crippen LogP contribution in [0, 0.1) is 0 Å². The lowest BCUT2D eigenvalue weighted by atomic mass is 9.94. The number of nitrogens with one attached hydrogen (secondary N) is 3. The largest absolute Gasteiger partial charge is 0.378 e. The lowest BCUT2D eigenvalue weighted by Gasteiger charge is -2.50. The molecule has 2 unspecified atom stereocenters. The summed E-state index contributed by atoms with van der Waals surface area (Å²) in [5.41, 5.74) is 1.41. The van der Waals surface area contributed by atoms with Gasteiger partial charge < -0.3 is 15.4 Å². The molecule has 2 atom stereocenters. The van der Waals surface area contributed by atoms with Crippen LogP contribution in [0.5, 0.6) is 0 Å². The Kier molecular flexibility index (Phi) is 5.54. The summed E-state index contributed by atoms with van der Waals surface area (Å²) in [4.78, 5) is 52.9. The Balaban J connectivity index is 1.27. The number of rotatable bonds is 5. The van der Waals surface area contributed by atoms with Gasteiger partial charge in [0.25, 0.3) is 11.8 Å². The Labute approximate surface area is 185 Å². The molecule has 0 spiro atoms. The molecule has 1 aromatic rings. The molecule has 10 nitrogen and oxygen atoms in total. The third-order valence-electron chi connectivity index (χ3n) is 6.85. The van der Waals surface area contributed by atoms with Gasteiger partial charge >= 0.3 is 0 Å². The lowest BCUT2D eigenvalue weighted by Crippen LogP contribution is -2.69. The van der Waals surface area contributed by atoms with Crippen LogP contribution in [0.25, 0.3) is 0 Å². The highest BCUT2D eigenvalue weighted by Crippen LogP contribution is 2.28. The highest BCUT2D eigenvalue weighted by Gasteiger charge is 2.45. The van der Waals surface area contributed by atoms with Crippen molar-refractivity contribution in [2.75, 3.05) is 45.9 Å². The number of benzene rings is 1.